The van der Waals surface area contributed by atoms with Gasteiger partial charge in [0, 0.05) is 24.0 Å². The van der Waals surface area contributed by atoms with Crippen LogP contribution in [0.4, 0.5) is 0 Å². The van der Waals surface area contributed by atoms with Crippen LogP contribution in [0.3, 0.4) is 0 Å². The summed E-state index contributed by atoms with van der Waals surface area (Å²) in [5, 5.41) is 3.14. The second-order valence-corrected chi connectivity index (χ2v) is 11.0. The van der Waals surface area contributed by atoms with Crippen molar-refractivity contribution < 1.29 is 4.74 Å². The fraction of sp³-hybridized carbons (Fsp3) is 0.643. The van der Waals surface area contributed by atoms with Gasteiger partial charge in [0.05, 0.1) is 11.1 Å². The molecule has 2 atom stereocenters. The van der Waals surface area contributed by atoms with Gasteiger partial charge in [-0.2, -0.15) is 0 Å². The molecule has 2 heterocycles. The molecule has 2 aliphatic heterocycles. The van der Waals surface area contributed by atoms with Crippen molar-refractivity contribution >= 4 is 22.4 Å². The predicted molar refractivity (Wildman–Crippen MR) is 131 cm³/mol. The number of hydrogen-bond acceptors (Lipinski definition) is 2. The number of hydrogen-bond donors (Lipinski definition) is 0. The smallest absolute Gasteiger partial charge is 0.138 e. The van der Waals surface area contributed by atoms with Crippen LogP contribution in [0.15, 0.2) is 30.3 Å². The van der Waals surface area contributed by atoms with E-state index in [1.165, 1.54) is 62.3 Å². The fourth-order valence-corrected chi connectivity index (χ4v) is 6.85. The Hall–Kier alpha value is -1.25. The number of rotatable bonds is 5. The standard InChI is InChI=1S/C28H38ClNO/c1-3-20-7-11-25(12-8-20)31-27-14-10-22-17-21(9-13-26(22)28(27)29)18-30-23-5-4-6-24(30)16-19(2)15-23/h9-10,13-14,17,19-20,23-25H,3-8,11-12,15-16,18H2,1-2H3/t19?,20-,23?,24?,25+. The van der Waals surface area contributed by atoms with Crippen molar-refractivity contribution in [2.45, 2.75) is 103 Å². The summed E-state index contributed by atoms with van der Waals surface area (Å²) in [6.45, 7) is 5.82. The highest BCUT2D eigenvalue weighted by molar-refractivity contribution is 6.37. The summed E-state index contributed by atoms with van der Waals surface area (Å²) >= 11 is 6.82. The molecule has 2 nitrogen and oxygen atoms in total. The molecule has 3 aliphatic rings. The van der Waals surface area contributed by atoms with Crippen molar-refractivity contribution in [3.63, 3.8) is 0 Å². The van der Waals surface area contributed by atoms with Crippen molar-refractivity contribution in [2.24, 2.45) is 11.8 Å². The second-order valence-electron chi connectivity index (χ2n) is 10.6. The van der Waals surface area contributed by atoms with Crippen molar-refractivity contribution in [3.8, 4) is 5.75 Å². The van der Waals surface area contributed by atoms with E-state index < -0.39 is 0 Å². The van der Waals surface area contributed by atoms with Crippen LogP contribution < -0.4 is 4.74 Å². The van der Waals surface area contributed by atoms with Gasteiger partial charge in [0.2, 0.25) is 0 Å². The van der Waals surface area contributed by atoms with Crippen LogP contribution in [-0.4, -0.2) is 23.1 Å². The molecule has 0 N–H and O–H groups in total. The number of nitrogens with zero attached hydrogens (tertiary/aromatic N) is 1. The van der Waals surface area contributed by atoms with E-state index in [4.69, 9.17) is 16.3 Å². The maximum Gasteiger partial charge on any atom is 0.138 e. The normalized spacial score (nSPS) is 31.6. The van der Waals surface area contributed by atoms with E-state index in [2.05, 4.69) is 49.1 Å². The topological polar surface area (TPSA) is 12.5 Å². The van der Waals surface area contributed by atoms with Crippen LogP contribution in [-0.2, 0) is 6.54 Å². The van der Waals surface area contributed by atoms with Crippen LogP contribution in [0.1, 0.15) is 83.6 Å². The molecule has 2 aromatic rings. The van der Waals surface area contributed by atoms with Gasteiger partial charge in [-0.25, -0.2) is 0 Å². The lowest BCUT2D eigenvalue weighted by Crippen LogP contribution is -2.51. The molecule has 0 radical (unpaired) electrons. The maximum atomic E-state index is 6.82. The molecule has 3 fully saturated rings. The van der Waals surface area contributed by atoms with E-state index in [9.17, 15) is 0 Å². The molecule has 2 saturated heterocycles. The first kappa shape index (κ1) is 21.6. The third-order valence-corrected chi connectivity index (χ3v) is 8.76. The summed E-state index contributed by atoms with van der Waals surface area (Å²) in [6, 6.07) is 12.7. The van der Waals surface area contributed by atoms with E-state index in [0.29, 0.717) is 6.10 Å². The Morgan fingerprint density at radius 1 is 0.968 bits per heavy atom. The average Bonchev–Trinajstić information content (AvgIpc) is 2.77. The zero-order valence-electron chi connectivity index (χ0n) is 19.3. The largest absolute Gasteiger partial charge is 0.489 e. The zero-order chi connectivity index (χ0) is 21.4. The highest BCUT2D eigenvalue weighted by atomic mass is 35.5. The Bertz CT molecular complexity index is 889. The highest BCUT2D eigenvalue weighted by Crippen LogP contribution is 2.39. The molecule has 31 heavy (non-hydrogen) atoms. The minimum Gasteiger partial charge on any atom is -0.489 e. The lowest BCUT2D eigenvalue weighted by atomic mass is 9.79. The summed E-state index contributed by atoms with van der Waals surface area (Å²) in [5.41, 5.74) is 1.42. The van der Waals surface area contributed by atoms with Gasteiger partial charge in [-0.15, -0.1) is 0 Å². The summed E-state index contributed by atoms with van der Waals surface area (Å²) < 4.78 is 6.36. The Balaban J connectivity index is 1.30. The van der Waals surface area contributed by atoms with Crippen LogP contribution >= 0.6 is 11.6 Å². The van der Waals surface area contributed by atoms with Gasteiger partial charge in [0.15, 0.2) is 0 Å². The van der Waals surface area contributed by atoms with Gasteiger partial charge in [-0.05, 0) is 86.3 Å². The minimum absolute atomic E-state index is 0.318. The van der Waals surface area contributed by atoms with Crippen molar-refractivity contribution in [1.29, 1.82) is 0 Å². The first-order valence-corrected chi connectivity index (χ1v) is 13.1. The van der Waals surface area contributed by atoms with Gasteiger partial charge in [-0.1, -0.05) is 56.5 Å². The van der Waals surface area contributed by atoms with Crippen LogP contribution in [0.5, 0.6) is 5.75 Å². The monoisotopic (exact) mass is 439 g/mol. The number of halogens is 1. The molecule has 2 bridgehead atoms. The first-order chi connectivity index (χ1) is 15.1. The molecule has 0 amide bonds. The van der Waals surface area contributed by atoms with E-state index >= 15 is 0 Å². The van der Waals surface area contributed by atoms with Crippen molar-refractivity contribution in [2.75, 3.05) is 0 Å². The van der Waals surface area contributed by atoms with Crippen LogP contribution in [0, 0.1) is 11.8 Å². The van der Waals surface area contributed by atoms with E-state index in [0.717, 1.165) is 59.5 Å². The fourth-order valence-electron chi connectivity index (χ4n) is 6.57. The predicted octanol–water partition coefficient (Wildman–Crippen LogP) is 7.99. The van der Waals surface area contributed by atoms with Crippen LogP contribution in [0.2, 0.25) is 5.02 Å². The molecule has 0 aromatic heterocycles. The van der Waals surface area contributed by atoms with Crippen LogP contribution in [0.25, 0.3) is 10.8 Å². The molecule has 3 heteroatoms. The molecule has 168 valence electrons. The van der Waals surface area contributed by atoms with Gasteiger partial charge in [0.25, 0.3) is 0 Å². The number of benzene rings is 2. The molecule has 1 aliphatic carbocycles. The third-order valence-electron chi connectivity index (χ3n) is 8.37. The number of ether oxygens (including phenoxy) is 1. The highest BCUT2D eigenvalue weighted by Gasteiger charge is 2.36. The summed E-state index contributed by atoms with van der Waals surface area (Å²) in [5.74, 6) is 2.63. The molecule has 2 aromatic carbocycles. The first-order valence-electron chi connectivity index (χ1n) is 12.7. The van der Waals surface area contributed by atoms with Gasteiger partial charge < -0.3 is 4.74 Å². The SMILES string of the molecule is CC[C@H]1CC[C@@H](Oc2ccc3cc(CN4C5CCCC4CC(C)C5)ccc3c2Cl)CC1. The number of fused-ring (bicyclic) bond motifs is 3. The third kappa shape index (κ3) is 4.62. The molecule has 1 saturated carbocycles. The molecule has 2 unspecified atom stereocenters. The average molecular weight is 440 g/mol. The lowest BCUT2D eigenvalue weighted by Gasteiger charge is -2.48. The quantitative estimate of drug-likeness (QED) is 0.467. The summed E-state index contributed by atoms with van der Waals surface area (Å²) in [7, 11) is 0. The molecule has 0 spiro atoms. The molecular formula is C28H38ClNO. The van der Waals surface area contributed by atoms with E-state index in [1.807, 2.05) is 0 Å². The van der Waals surface area contributed by atoms with Gasteiger partial charge in [0.1, 0.15) is 5.75 Å². The van der Waals surface area contributed by atoms with Crippen molar-refractivity contribution in [3.05, 3.63) is 40.9 Å². The minimum atomic E-state index is 0.318. The van der Waals surface area contributed by atoms with Gasteiger partial charge in [-0.3, -0.25) is 4.90 Å². The Morgan fingerprint density at radius 3 is 2.42 bits per heavy atom. The number of piperidine rings is 2. The second kappa shape index (κ2) is 9.32. The molecular weight excluding hydrogens is 402 g/mol. The Kier molecular flexibility index (Phi) is 6.49. The maximum absolute atomic E-state index is 6.82. The summed E-state index contributed by atoms with van der Waals surface area (Å²) in [4.78, 5) is 2.80. The lowest BCUT2D eigenvalue weighted by molar-refractivity contribution is 0.0111. The Morgan fingerprint density at radius 2 is 1.71 bits per heavy atom. The Labute approximate surface area is 193 Å². The van der Waals surface area contributed by atoms with Crippen molar-refractivity contribution in [1.82, 2.24) is 4.90 Å². The zero-order valence-corrected chi connectivity index (χ0v) is 20.0. The summed E-state index contributed by atoms with van der Waals surface area (Å²) in [6.07, 6.45) is 13.4. The molecule has 5 rings (SSSR count). The van der Waals surface area contributed by atoms with Gasteiger partial charge >= 0.3 is 0 Å². The van der Waals surface area contributed by atoms with E-state index in [-0.39, 0.29) is 0 Å². The van der Waals surface area contributed by atoms with E-state index in [1.54, 1.807) is 0 Å².